The van der Waals surface area contributed by atoms with Crippen LogP contribution in [0.15, 0.2) is 5.16 Å². The van der Waals surface area contributed by atoms with Gasteiger partial charge in [-0.1, -0.05) is 32.5 Å². The van der Waals surface area contributed by atoms with E-state index in [2.05, 4.69) is 34.7 Å². The highest BCUT2D eigenvalue weighted by atomic mass is 32.2. The van der Waals surface area contributed by atoms with Crippen LogP contribution in [0.4, 0.5) is 0 Å². The topological polar surface area (TPSA) is 75.9 Å². The lowest BCUT2D eigenvalue weighted by Gasteiger charge is -2.19. The van der Waals surface area contributed by atoms with Crippen molar-refractivity contribution in [3.63, 3.8) is 0 Å². The summed E-state index contributed by atoms with van der Waals surface area (Å²) in [6.45, 7) is 9.58. The van der Waals surface area contributed by atoms with Crippen molar-refractivity contribution in [3.05, 3.63) is 0 Å². The van der Waals surface area contributed by atoms with E-state index >= 15 is 0 Å². The van der Waals surface area contributed by atoms with Crippen molar-refractivity contribution in [2.24, 2.45) is 0 Å². The molecule has 18 heavy (non-hydrogen) atoms. The predicted molar refractivity (Wildman–Crippen MR) is 72.6 cm³/mol. The molecule has 1 atom stereocenters. The number of aliphatic hydroxyl groups is 1. The molecule has 1 rings (SSSR count). The van der Waals surface area contributed by atoms with Crippen molar-refractivity contribution in [1.82, 2.24) is 25.5 Å². The number of hydrogen-bond donors (Lipinski definition) is 2. The van der Waals surface area contributed by atoms with Crippen LogP contribution in [0, 0.1) is 0 Å². The second-order valence-corrected chi connectivity index (χ2v) is 5.88. The Morgan fingerprint density at radius 2 is 2.22 bits per heavy atom. The summed E-state index contributed by atoms with van der Waals surface area (Å²) in [5.41, 5.74) is -0.669. The van der Waals surface area contributed by atoms with Crippen molar-refractivity contribution in [2.45, 2.75) is 57.5 Å². The molecule has 0 aliphatic carbocycles. The average molecular weight is 273 g/mol. The van der Waals surface area contributed by atoms with Gasteiger partial charge in [0.2, 0.25) is 5.16 Å². The first kappa shape index (κ1) is 15.4. The van der Waals surface area contributed by atoms with Crippen LogP contribution >= 0.6 is 11.8 Å². The summed E-state index contributed by atoms with van der Waals surface area (Å²) in [5.74, 6) is 0.599. The van der Waals surface area contributed by atoms with Crippen LogP contribution in [0.3, 0.4) is 0 Å². The lowest BCUT2D eigenvalue weighted by Crippen LogP contribution is -2.28. The predicted octanol–water partition coefficient (Wildman–Crippen LogP) is 0.924. The Morgan fingerprint density at radius 3 is 2.83 bits per heavy atom. The van der Waals surface area contributed by atoms with Gasteiger partial charge in [0.25, 0.3) is 0 Å². The van der Waals surface area contributed by atoms with Crippen molar-refractivity contribution >= 4 is 11.8 Å². The van der Waals surface area contributed by atoms with Crippen LogP contribution in [0.25, 0.3) is 0 Å². The zero-order valence-corrected chi connectivity index (χ0v) is 12.4. The Labute approximate surface area is 113 Å². The van der Waals surface area contributed by atoms with Gasteiger partial charge in [0.05, 0.1) is 12.1 Å². The largest absolute Gasteiger partial charge is 0.389 e. The van der Waals surface area contributed by atoms with Crippen molar-refractivity contribution in [1.29, 1.82) is 0 Å². The zero-order valence-electron chi connectivity index (χ0n) is 11.6. The van der Waals surface area contributed by atoms with Gasteiger partial charge in [0.15, 0.2) is 0 Å². The van der Waals surface area contributed by atoms with E-state index in [-0.39, 0.29) is 0 Å². The Morgan fingerprint density at radius 1 is 1.50 bits per heavy atom. The zero-order chi connectivity index (χ0) is 13.6. The third kappa shape index (κ3) is 5.32. The fourth-order valence-corrected chi connectivity index (χ4v) is 2.24. The lowest BCUT2D eigenvalue weighted by atomic mass is 10.1. The van der Waals surface area contributed by atoms with Gasteiger partial charge >= 0.3 is 0 Å². The Kier molecular flexibility index (Phi) is 6.04. The van der Waals surface area contributed by atoms with Crippen LogP contribution in [0.2, 0.25) is 0 Å². The highest BCUT2D eigenvalue weighted by Crippen LogP contribution is 2.21. The van der Waals surface area contributed by atoms with E-state index in [1.54, 1.807) is 4.68 Å². The molecule has 0 saturated carbocycles. The third-order valence-electron chi connectivity index (χ3n) is 2.65. The number of hydrogen-bond acceptors (Lipinski definition) is 6. The molecule has 0 saturated heterocycles. The summed E-state index contributed by atoms with van der Waals surface area (Å²) < 4.78 is 1.77. The number of rotatable bonds is 8. The minimum absolute atomic E-state index is 0.457. The second kappa shape index (κ2) is 7.06. The molecule has 6 nitrogen and oxygen atoms in total. The van der Waals surface area contributed by atoms with Crippen LogP contribution in [-0.2, 0) is 6.54 Å². The van der Waals surface area contributed by atoms with Gasteiger partial charge in [-0.15, -0.1) is 5.10 Å². The standard InChI is InChI=1S/C11H23N5OS/c1-5-11(4,17)8-18-10-13-14-15-16(10)7-6-12-9(2)3/h9,12,17H,5-8H2,1-4H3. The maximum absolute atomic E-state index is 9.95. The maximum atomic E-state index is 9.95. The SMILES string of the molecule is CCC(C)(O)CSc1nnnn1CCNC(C)C. The highest BCUT2D eigenvalue weighted by molar-refractivity contribution is 7.99. The van der Waals surface area contributed by atoms with Crippen LogP contribution in [0.5, 0.6) is 0 Å². The molecule has 0 radical (unpaired) electrons. The van der Waals surface area contributed by atoms with E-state index in [1.165, 1.54) is 11.8 Å². The van der Waals surface area contributed by atoms with Gasteiger partial charge in [-0.05, 0) is 23.8 Å². The molecule has 0 spiro atoms. The lowest BCUT2D eigenvalue weighted by molar-refractivity contribution is 0.0815. The van der Waals surface area contributed by atoms with E-state index in [9.17, 15) is 5.11 Å². The molecule has 104 valence electrons. The van der Waals surface area contributed by atoms with Gasteiger partial charge < -0.3 is 10.4 Å². The molecule has 0 aliphatic heterocycles. The summed E-state index contributed by atoms with van der Waals surface area (Å²) >= 11 is 1.49. The fraction of sp³-hybridized carbons (Fsp3) is 0.909. The highest BCUT2D eigenvalue weighted by Gasteiger charge is 2.19. The first-order chi connectivity index (χ1) is 8.44. The molecule has 1 aromatic heterocycles. The number of tetrazole rings is 1. The summed E-state index contributed by atoms with van der Waals surface area (Å²) in [6, 6.07) is 0.457. The fourth-order valence-electron chi connectivity index (χ4n) is 1.22. The van der Waals surface area contributed by atoms with Crippen molar-refractivity contribution in [2.75, 3.05) is 12.3 Å². The van der Waals surface area contributed by atoms with Gasteiger partial charge in [-0.2, -0.15) is 0 Å². The quantitative estimate of drug-likeness (QED) is 0.686. The molecule has 1 heterocycles. The molecule has 0 fully saturated rings. The number of aromatic nitrogens is 4. The molecule has 2 N–H and O–H groups in total. The Balaban J connectivity index is 2.44. The van der Waals surface area contributed by atoms with Gasteiger partial charge in [0, 0.05) is 18.3 Å². The van der Waals surface area contributed by atoms with E-state index < -0.39 is 5.60 Å². The normalized spacial score (nSPS) is 15.0. The molecule has 0 amide bonds. The second-order valence-electron chi connectivity index (χ2n) is 4.93. The molecule has 0 aromatic carbocycles. The van der Waals surface area contributed by atoms with E-state index in [0.29, 0.717) is 11.8 Å². The minimum atomic E-state index is -0.669. The Bertz CT molecular complexity index is 353. The monoisotopic (exact) mass is 273 g/mol. The van der Waals surface area contributed by atoms with Crippen LogP contribution in [0.1, 0.15) is 34.1 Å². The number of nitrogens with zero attached hydrogens (tertiary/aromatic N) is 4. The molecule has 1 unspecified atom stereocenters. The molecule has 7 heteroatoms. The van der Waals surface area contributed by atoms with E-state index in [0.717, 1.165) is 24.7 Å². The first-order valence-corrected chi connectivity index (χ1v) is 7.28. The van der Waals surface area contributed by atoms with Gasteiger partial charge in [-0.25, -0.2) is 4.68 Å². The van der Waals surface area contributed by atoms with Gasteiger partial charge in [0.1, 0.15) is 0 Å². The Hall–Kier alpha value is -0.660. The minimum Gasteiger partial charge on any atom is -0.389 e. The number of thioether (sulfide) groups is 1. The summed E-state index contributed by atoms with van der Waals surface area (Å²) in [5, 5.41) is 25.6. The molecular formula is C11H23N5OS. The van der Waals surface area contributed by atoms with E-state index in [1.807, 2.05) is 13.8 Å². The smallest absolute Gasteiger partial charge is 0.209 e. The van der Waals surface area contributed by atoms with Crippen molar-refractivity contribution in [3.8, 4) is 0 Å². The first-order valence-electron chi connectivity index (χ1n) is 6.29. The maximum Gasteiger partial charge on any atom is 0.209 e. The summed E-state index contributed by atoms with van der Waals surface area (Å²) in [4.78, 5) is 0. The summed E-state index contributed by atoms with van der Waals surface area (Å²) in [6.07, 6.45) is 0.719. The number of nitrogens with one attached hydrogen (secondary N) is 1. The van der Waals surface area contributed by atoms with Gasteiger partial charge in [-0.3, -0.25) is 0 Å². The molecule has 0 aliphatic rings. The molecule has 0 bridgehead atoms. The molecular weight excluding hydrogens is 250 g/mol. The summed E-state index contributed by atoms with van der Waals surface area (Å²) in [7, 11) is 0. The molecule has 1 aromatic rings. The third-order valence-corrected chi connectivity index (χ3v) is 3.97. The van der Waals surface area contributed by atoms with Crippen LogP contribution < -0.4 is 5.32 Å². The van der Waals surface area contributed by atoms with Crippen LogP contribution in [-0.4, -0.2) is 49.3 Å². The van der Waals surface area contributed by atoms with E-state index in [4.69, 9.17) is 0 Å². The average Bonchev–Trinajstić information content (AvgIpc) is 2.74. The van der Waals surface area contributed by atoms with Crippen molar-refractivity contribution < 1.29 is 5.11 Å².